The molecule has 0 saturated carbocycles. The molecule has 104 valence electrons. The van der Waals surface area contributed by atoms with E-state index in [4.69, 9.17) is 4.74 Å². The molecule has 1 aromatic rings. The Kier molecular flexibility index (Phi) is 6.26. The Morgan fingerprint density at radius 1 is 1.16 bits per heavy atom. The summed E-state index contributed by atoms with van der Waals surface area (Å²) in [5, 5.41) is 0. The van der Waals surface area contributed by atoms with Gasteiger partial charge in [0.15, 0.2) is 0 Å². The fourth-order valence-electron chi connectivity index (χ4n) is 1.94. The molecule has 0 unspecified atom stereocenters. The molecule has 0 saturated heterocycles. The zero-order valence-electron chi connectivity index (χ0n) is 11.9. The molecule has 2 atom stereocenters. The van der Waals surface area contributed by atoms with Crippen molar-refractivity contribution in [1.82, 2.24) is 0 Å². The second-order valence-corrected chi connectivity index (χ2v) is 5.17. The van der Waals surface area contributed by atoms with E-state index < -0.39 is 0 Å². The Balaban J connectivity index is 2.38. The van der Waals surface area contributed by atoms with E-state index in [0.717, 1.165) is 6.42 Å². The quantitative estimate of drug-likeness (QED) is 0.709. The smallest absolute Gasteiger partial charge is 0.302 e. The first kappa shape index (κ1) is 15.4. The van der Waals surface area contributed by atoms with Crippen LogP contribution in [-0.2, 0) is 20.7 Å². The maximum Gasteiger partial charge on any atom is 0.302 e. The number of ether oxygens (including phenoxy) is 1. The van der Waals surface area contributed by atoms with E-state index in [-0.39, 0.29) is 23.6 Å². The molecule has 0 N–H and O–H groups in total. The first-order chi connectivity index (χ1) is 8.99. The van der Waals surface area contributed by atoms with Crippen LogP contribution in [-0.4, -0.2) is 18.4 Å². The Morgan fingerprint density at radius 3 is 2.37 bits per heavy atom. The molecule has 0 fully saturated rings. The van der Waals surface area contributed by atoms with Crippen LogP contribution in [0.25, 0.3) is 0 Å². The minimum atomic E-state index is -0.295. The molecular formula is C16H22O3. The fourth-order valence-corrected chi connectivity index (χ4v) is 1.94. The summed E-state index contributed by atoms with van der Waals surface area (Å²) in [5.74, 6) is 0.0111. The van der Waals surface area contributed by atoms with E-state index in [9.17, 15) is 9.59 Å². The van der Waals surface area contributed by atoms with Crippen LogP contribution in [0.2, 0.25) is 0 Å². The maximum absolute atomic E-state index is 12.1. The van der Waals surface area contributed by atoms with E-state index >= 15 is 0 Å². The normalized spacial score (nSPS) is 13.6. The van der Waals surface area contributed by atoms with E-state index in [1.165, 1.54) is 12.5 Å². The molecule has 0 spiro atoms. The minimum Gasteiger partial charge on any atom is -0.466 e. The van der Waals surface area contributed by atoms with Crippen molar-refractivity contribution in [3.05, 3.63) is 35.9 Å². The van der Waals surface area contributed by atoms with Gasteiger partial charge in [-0.1, -0.05) is 44.2 Å². The number of carbonyl (C=O) groups excluding carboxylic acids is 2. The summed E-state index contributed by atoms with van der Waals surface area (Å²) in [4.78, 5) is 22.8. The van der Waals surface area contributed by atoms with Gasteiger partial charge in [0.25, 0.3) is 0 Å². The van der Waals surface area contributed by atoms with Crippen LogP contribution in [0, 0.1) is 11.8 Å². The highest BCUT2D eigenvalue weighted by Crippen LogP contribution is 2.14. The van der Waals surface area contributed by atoms with Gasteiger partial charge in [0.1, 0.15) is 5.78 Å². The molecule has 0 aliphatic carbocycles. The number of esters is 1. The zero-order chi connectivity index (χ0) is 14.3. The highest BCUT2D eigenvalue weighted by atomic mass is 16.5. The molecule has 0 radical (unpaired) electrons. The standard InChI is InChI=1S/C16H22O3/c1-12(11-19-14(3)17)9-16(18)13(2)10-15-7-5-4-6-8-15/h4-8,12-13H,9-11H2,1-3H3/t12-,13-/m0/s1. The Labute approximate surface area is 115 Å². The average Bonchev–Trinajstić information content (AvgIpc) is 2.37. The Hall–Kier alpha value is -1.64. The molecule has 1 aromatic carbocycles. The third kappa shape index (κ3) is 6.18. The molecule has 19 heavy (non-hydrogen) atoms. The number of carbonyl (C=O) groups is 2. The molecule has 0 aromatic heterocycles. The van der Waals surface area contributed by atoms with E-state index in [1.54, 1.807) is 0 Å². The predicted octanol–water partition coefficient (Wildman–Crippen LogP) is 3.02. The molecule has 1 rings (SSSR count). The molecule has 0 heterocycles. The van der Waals surface area contributed by atoms with Crippen molar-refractivity contribution < 1.29 is 14.3 Å². The number of rotatable bonds is 7. The van der Waals surface area contributed by atoms with Crippen molar-refractivity contribution >= 4 is 11.8 Å². The van der Waals surface area contributed by atoms with Gasteiger partial charge < -0.3 is 4.74 Å². The van der Waals surface area contributed by atoms with Crippen molar-refractivity contribution in [2.75, 3.05) is 6.61 Å². The highest BCUT2D eigenvalue weighted by molar-refractivity contribution is 5.81. The van der Waals surface area contributed by atoms with Crippen LogP contribution in [0.15, 0.2) is 30.3 Å². The molecule has 3 nitrogen and oxygen atoms in total. The maximum atomic E-state index is 12.1. The summed E-state index contributed by atoms with van der Waals surface area (Å²) in [6.07, 6.45) is 1.22. The first-order valence-corrected chi connectivity index (χ1v) is 6.69. The topological polar surface area (TPSA) is 43.4 Å². The first-order valence-electron chi connectivity index (χ1n) is 6.69. The number of Topliss-reactive ketones (excluding diaryl/α,β-unsaturated/α-hetero) is 1. The van der Waals surface area contributed by atoms with Crippen molar-refractivity contribution in [3.8, 4) is 0 Å². The van der Waals surface area contributed by atoms with E-state index in [1.807, 2.05) is 44.2 Å². The number of ketones is 1. The lowest BCUT2D eigenvalue weighted by Crippen LogP contribution is -2.19. The van der Waals surface area contributed by atoms with Crippen molar-refractivity contribution in [3.63, 3.8) is 0 Å². The highest BCUT2D eigenvalue weighted by Gasteiger charge is 2.17. The molecule has 0 aliphatic heterocycles. The summed E-state index contributed by atoms with van der Waals surface area (Å²) < 4.78 is 4.91. The number of hydrogen-bond acceptors (Lipinski definition) is 3. The van der Waals surface area contributed by atoms with Gasteiger partial charge in [-0.15, -0.1) is 0 Å². The third-order valence-corrected chi connectivity index (χ3v) is 3.06. The monoisotopic (exact) mass is 262 g/mol. The molecule has 0 bridgehead atoms. The van der Waals surface area contributed by atoms with E-state index in [0.29, 0.717) is 13.0 Å². The van der Waals surface area contributed by atoms with Gasteiger partial charge in [-0.3, -0.25) is 9.59 Å². The predicted molar refractivity (Wildman–Crippen MR) is 74.7 cm³/mol. The van der Waals surface area contributed by atoms with Crippen LogP contribution in [0.1, 0.15) is 32.8 Å². The SMILES string of the molecule is CC(=O)OC[C@@H](C)CC(=O)[C@@H](C)Cc1ccccc1. The van der Waals surface area contributed by atoms with Gasteiger partial charge in [0.2, 0.25) is 0 Å². The summed E-state index contributed by atoms with van der Waals surface area (Å²) in [6.45, 7) is 5.58. The Bertz CT molecular complexity index is 411. The lowest BCUT2D eigenvalue weighted by molar-refractivity contribution is -0.143. The van der Waals surface area contributed by atoms with Crippen LogP contribution in [0.3, 0.4) is 0 Å². The largest absolute Gasteiger partial charge is 0.466 e. The average molecular weight is 262 g/mol. The molecule has 0 amide bonds. The molecule has 3 heteroatoms. The zero-order valence-corrected chi connectivity index (χ0v) is 11.9. The van der Waals surface area contributed by atoms with Crippen molar-refractivity contribution in [1.29, 1.82) is 0 Å². The second kappa shape index (κ2) is 7.72. The summed E-state index contributed by atoms with van der Waals surface area (Å²) in [7, 11) is 0. The Morgan fingerprint density at radius 2 is 1.79 bits per heavy atom. The molecular weight excluding hydrogens is 240 g/mol. The number of benzene rings is 1. The van der Waals surface area contributed by atoms with Gasteiger partial charge in [-0.25, -0.2) is 0 Å². The summed E-state index contributed by atoms with van der Waals surface area (Å²) in [6, 6.07) is 10.0. The lowest BCUT2D eigenvalue weighted by Gasteiger charge is -2.14. The van der Waals surface area contributed by atoms with Gasteiger partial charge in [0, 0.05) is 19.3 Å². The fraction of sp³-hybridized carbons (Fsp3) is 0.500. The van der Waals surface area contributed by atoms with Gasteiger partial charge in [-0.05, 0) is 17.9 Å². The summed E-state index contributed by atoms with van der Waals surface area (Å²) >= 11 is 0. The van der Waals surface area contributed by atoms with Crippen LogP contribution in [0.4, 0.5) is 0 Å². The van der Waals surface area contributed by atoms with Crippen molar-refractivity contribution in [2.45, 2.75) is 33.6 Å². The minimum absolute atomic E-state index is 0.00202. The van der Waals surface area contributed by atoms with Crippen molar-refractivity contribution in [2.24, 2.45) is 11.8 Å². The second-order valence-electron chi connectivity index (χ2n) is 5.17. The van der Waals surface area contributed by atoms with E-state index in [2.05, 4.69) is 0 Å². The van der Waals surface area contributed by atoms with Crippen LogP contribution < -0.4 is 0 Å². The lowest BCUT2D eigenvalue weighted by atomic mass is 9.92. The van der Waals surface area contributed by atoms with Gasteiger partial charge in [-0.2, -0.15) is 0 Å². The summed E-state index contributed by atoms with van der Waals surface area (Å²) in [5.41, 5.74) is 1.18. The van der Waals surface area contributed by atoms with Gasteiger partial charge >= 0.3 is 5.97 Å². The van der Waals surface area contributed by atoms with Crippen LogP contribution in [0.5, 0.6) is 0 Å². The van der Waals surface area contributed by atoms with Gasteiger partial charge in [0.05, 0.1) is 6.61 Å². The third-order valence-electron chi connectivity index (χ3n) is 3.06. The molecule has 0 aliphatic rings. The van der Waals surface area contributed by atoms with Crippen LogP contribution >= 0.6 is 0 Å². The number of hydrogen-bond donors (Lipinski definition) is 0.